The molecular formula is C14H20BrNO2. The standard InChI is InChI=1S/C14H20BrNO2/c1-14(6-7-17-3)9-12(16-2)11-8-10(15)4-5-13(11)18-14/h4-5,8,12,16H,6-7,9H2,1-3H3. The molecule has 0 saturated heterocycles. The first-order chi connectivity index (χ1) is 8.58. The molecule has 100 valence electrons. The average Bonchev–Trinajstić information content (AvgIpc) is 2.36. The molecule has 0 aromatic heterocycles. The highest BCUT2D eigenvalue weighted by Crippen LogP contribution is 2.41. The molecule has 1 aliphatic heterocycles. The predicted molar refractivity (Wildman–Crippen MR) is 76.1 cm³/mol. The van der Waals surface area contributed by atoms with Crippen LogP contribution in [0.3, 0.4) is 0 Å². The Morgan fingerprint density at radius 2 is 2.33 bits per heavy atom. The second-order valence-electron chi connectivity index (χ2n) is 5.02. The van der Waals surface area contributed by atoms with Gasteiger partial charge >= 0.3 is 0 Å². The molecule has 0 aliphatic carbocycles. The largest absolute Gasteiger partial charge is 0.487 e. The van der Waals surface area contributed by atoms with Gasteiger partial charge in [0.1, 0.15) is 11.4 Å². The van der Waals surface area contributed by atoms with Gasteiger partial charge in [0.25, 0.3) is 0 Å². The summed E-state index contributed by atoms with van der Waals surface area (Å²) >= 11 is 3.51. The second kappa shape index (κ2) is 5.59. The zero-order chi connectivity index (χ0) is 13.2. The fourth-order valence-electron chi connectivity index (χ4n) is 2.46. The van der Waals surface area contributed by atoms with E-state index in [1.807, 2.05) is 19.2 Å². The molecule has 2 atom stereocenters. The van der Waals surface area contributed by atoms with E-state index in [4.69, 9.17) is 9.47 Å². The molecule has 1 heterocycles. The molecule has 0 radical (unpaired) electrons. The number of hydrogen-bond donors (Lipinski definition) is 1. The van der Waals surface area contributed by atoms with Gasteiger partial charge in [-0.2, -0.15) is 0 Å². The molecule has 1 aromatic rings. The highest BCUT2D eigenvalue weighted by atomic mass is 79.9. The van der Waals surface area contributed by atoms with Crippen LogP contribution in [-0.2, 0) is 4.74 Å². The van der Waals surface area contributed by atoms with Crippen molar-refractivity contribution in [1.29, 1.82) is 0 Å². The molecule has 0 spiro atoms. The summed E-state index contributed by atoms with van der Waals surface area (Å²) in [7, 11) is 3.73. The van der Waals surface area contributed by atoms with E-state index in [1.54, 1.807) is 7.11 Å². The number of methoxy groups -OCH3 is 1. The SMILES string of the molecule is CNC1CC(C)(CCOC)Oc2ccc(Br)cc21. The van der Waals surface area contributed by atoms with Crippen LogP contribution >= 0.6 is 15.9 Å². The van der Waals surface area contributed by atoms with Crippen LogP contribution in [0, 0.1) is 0 Å². The second-order valence-corrected chi connectivity index (χ2v) is 5.94. The van der Waals surface area contributed by atoms with Crippen molar-refractivity contribution in [2.75, 3.05) is 20.8 Å². The Kier molecular flexibility index (Phi) is 4.30. The van der Waals surface area contributed by atoms with E-state index >= 15 is 0 Å². The number of ether oxygens (including phenoxy) is 2. The molecular weight excluding hydrogens is 294 g/mol. The van der Waals surface area contributed by atoms with Gasteiger partial charge < -0.3 is 14.8 Å². The molecule has 0 fully saturated rings. The van der Waals surface area contributed by atoms with Gasteiger partial charge in [0, 0.05) is 42.6 Å². The van der Waals surface area contributed by atoms with Crippen molar-refractivity contribution in [3.63, 3.8) is 0 Å². The Balaban J connectivity index is 2.27. The fraction of sp³-hybridized carbons (Fsp3) is 0.571. The number of hydrogen-bond acceptors (Lipinski definition) is 3. The van der Waals surface area contributed by atoms with Gasteiger partial charge in [-0.15, -0.1) is 0 Å². The van der Waals surface area contributed by atoms with E-state index in [-0.39, 0.29) is 5.60 Å². The number of fused-ring (bicyclic) bond motifs is 1. The monoisotopic (exact) mass is 313 g/mol. The molecule has 0 saturated carbocycles. The van der Waals surface area contributed by atoms with Crippen molar-refractivity contribution >= 4 is 15.9 Å². The van der Waals surface area contributed by atoms with E-state index in [0.29, 0.717) is 6.04 Å². The minimum Gasteiger partial charge on any atom is -0.487 e. The Morgan fingerprint density at radius 3 is 3.00 bits per heavy atom. The Hall–Kier alpha value is -0.580. The molecule has 18 heavy (non-hydrogen) atoms. The van der Waals surface area contributed by atoms with Crippen molar-refractivity contribution < 1.29 is 9.47 Å². The lowest BCUT2D eigenvalue weighted by Crippen LogP contribution is -2.42. The lowest BCUT2D eigenvalue weighted by molar-refractivity contribution is 0.0179. The number of nitrogens with one attached hydrogen (secondary N) is 1. The summed E-state index contributed by atoms with van der Waals surface area (Å²) in [6, 6.07) is 6.52. The van der Waals surface area contributed by atoms with Gasteiger partial charge in [-0.05, 0) is 32.2 Å². The fourth-order valence-corrected chi connectivity index (χ4v) is 2.84. The van der Waals surface area contributed by atoms with Crippen LogP contribution in [0.1, 0.15) is 31.4 Å². The smallest absolute Gasteiger partial charge is 0.124 e. The van der Waals surface area contributed by atoms with Crippen molar-refractivity contribution in [1.82, 2.24) is 5.32 Å². The summed E-state index contributed by atoms with van der Waals surface area (Å²) in [5, 5.41) is 3.38. The number of halogens is 1. The van der Waals surface area contributed by atoms with Crippen LogP contribution in [0.2, 0.25) is 0 Å². The van der Waals surface area contributed by atoms with Crippen LogP contribution in [-0.4, -0.2) is 26.4 Å². The van der Waals surface area contributed by atoms with Crippen molar-refractivity contribution in [2.24, 2.45) is 0 Å². The lowest BCUT2D eigenvalue weighted by atomic mass is 9.86. The minimum absolute atomic E-state index is 0.162. The van der Waals surface area contributed by atoms with Gasteiger partial charge in [-0.25, -0.2) is 0 Å². The third kappa shape index (κ3) is 2.87. The van der Waals surface area contributed by atoms with Gasteiger partial charge in [0.15, 0.2) is 0 Å². The molecule has 1 aromatic carbocycles. The third-order valence-corrected chi connectivity index (χ3v) is 4.02. The maximum atomic E-state index is 6.17. The predicted octanol–water partition coefficient (Wildman–Crippen LogP) is 3.29. The first kappa shape index (κ1) is 13.8. The maximum absolute atomic E-state index is 6.17. The molecule has 2 unspecified atom stereocenters. The highest BCUT2D eigenvalue weighted by molar-refractivity contribution is 9.10. The van der Waals surface area contributed by atoms with Gasteiger partial charge in [-0.3, -0.25) is 0 Å². The zero-order valence-corrected chi connectivity index (χ0v) is 12.7. The van der Waals surface area contributed by atoms with E-state index in [2.05, 4.69) is 34.2 Å². The Labute approximate surface area is 117 Å². The van der Waals surface area contributed by atoms with E-state index in [0.717, 1.165) is 29.7 Å². The van der Waals surface area contributed by atoms with E-state index in [9.17, 15) is 0 Å². The van der Waals surface area contributed by atoms with Crippen LogP contribution in [0.4, 0.5) is 0 Å². The summed E-state index contributed by atoms with van der Waals surface area (Å²) in [4.78, 5) is 0. The summed E-state index contributed by atoms with van der Waals surface area (Å²) in [5.74, 6) is 0.974. The van der Waals surface area contributed by atoms with Crippen LogP contribution in [0.25, 0.3) is 0 Å². The summed E-state index contributed by atoms with van der Waals surface area (Å²) in [5.41, 5.74) is 1.06. The quantitative estimate of drug-likeness (QED) is 0.925. The molecule has 2 rings (SSSR count). The number of benzene rings is 1. The normalized spacial score (nSPS) is 26.6. The van der Waals surface area contributed by atoms with Crippen LogP contribution in [0.5, 0.6) is 5.75 Å². The maximum Gasteiger partial charge on any atom is 0.124 e. The zero-order valence-electron chi connectivity index (χ0n) is 11.1. The minimum atomic E-state index is -0.162. The third-order valence-electron chi connectivity index (χ3n) is 3.52. The highest BCUT2D eigenvalue weighted by Gasteiger charge is 2.36. The van der Waals surface area contributed by atoms with E-state index < -0.39 is 0 Å². The van der Waals surface area contributed by atoms with Crippen molar-refractivity contribution in [2.45, 2.75) is 31.4 Å². The summed E-state index contributed by atoms with van der Waals surface area (Å²) in [6.07, 6.45) is 1.85. The van der Waals surface area contributed by atoms with Gasteiger partial charge in [-0.1, -0.05) is 15.9 Å². The molecule has 3 nitrogen and oxygen atoms in total. The molecule has 0 amide bonds. The summed E-state index contributed by atoms with van der Waals surface area (Å²) in [6.45, 7) is 2.88. The first-order valence-electron chi connectivity index (χ1n) is 6.22. The van der Waals surface area contributed by atoms with Crippen LogP contribution < -0.4 is 10.1 Å². The Bertz CT molecular complexity index is 424. The lowest BCUT2D eigenvalue weighted by Gasteiger charge is -2.40. The molecule has 1 aliphatic rings. The van der Waals surface area contributed by atoms with Gasteiger partial charge in [0.05, 0.1) is 0 Å². The topological polar surface area (TPSA) is 30.5 Å². The summed E-state index contributed by atoms with van der Waals surface area (Å²) < 4.78 is 12.4. The first-order valence-corrected chi connectivity index (χ1v) is 7.02. The number of rotatable bonds is 4. The molecule has 1 N–H and O–H groups in total. The molecule has 0 bridgehead atoms. The van der Waals surface area contributed by atoms with Crippen molar-refractivity contribution in [3.8, 4) is 5.75 Å². The molecule has 4 heteroatoms. The van der Waals surface area contributed by atoms with E-state index in [1.165, 1.54) is 5.56 Å². The average molecular weight is 314 g/mol. The van der Waals surface area contributed by atoms with Gasteiger partial charge in [0.2, 0.25) is 0 Å². The van der Waals surface area contributed by atoms with Crippen LogP contribution in [0.15, 0.2) is 22.7 Å². The van der Waals surface area contributed by atoms with Crippen molar-refractivity contribution in [3.05, 3.63) is 28.2 Å². The Morgan fingerprint density at radius 1 is 1.56 bits per heavy atom.